The van der Waals surface area contributed by atoms with Crippen LogP contribution in [0.1, 0.15) is 64.0 Å². The first kappa shape index (κ1) is 27.7. The molecule has 5 nitrogen and oxygen atoms in total. The van der Waals surface area contributed by atoms with Crippen LogP contribution in [0.4, 0.5) is 0 Å². The maximum absolute atomic E-state index is 13.3. The van der Waals surface area contributed by atoms with Gasteiger partial charge in [0.05, 0.1) is 18.7 Å². The number of nitrogens with two attached hydrogens (primary N) is 1. The molecule has 35 heavy (non-hydrogen) atoms. The number of benzene rings is 2. The van der Waals surface area contributed by atoms with Crippen molar-refractivity contribution in [1.29, 1.82) is 0 Å². The average molecular weight is 520 g/mol. The molecule has 2 aromatic carbocycles. The van der Waals surface area contributed by atoms with Gasteiger partial charge in [-0.05, 0) is 75.4 Å². The zero-order valence-corrected chi connectivity index (χ0v) is 22.5. The molecule has 1 heterocycles. The van der Waals surface area contributed by atoms with E-state index in [-0.39, 0.29) is 23.7 Å². The third-order valence-electron chi connectivity index (χ3n) is 7.84. The van der Waals surface area contributed by atoms with Gasteiger partial charge in [0.15, 0.2) is 5.78 Å². The first-order valence-electron chi connectivity index (χ1n) is 12.3. The summed E-state index contributed by atoms with van der Waals surface area (Å²) in [6.45, 7) is 8.65. The van der Waals surface area contributed by atoms with Crippen LogP contribution in [0.2, 0.25) is 10.0 Å². The van der Waals surface area contributed by atoms with E-state index in [0.29, 0.717) is 23.2 Å². The van der Waals surface area contributed by atoms with Gasteiger partial charge in [-0.3, -0.25) is 4.79 Å². The predicted molar refractivity (Wildman–Crippen MR) is 142 cm³/mol. The molecule has 2 fully saturated rings. The van der Waals surface area contributed by atoms with E-state index >= 15 is 0 Å². The zero-order chi connectivity index (χ0) is 25.8. The molecule has 4 rings (SSSR count). The number of carbonyl (C=O) groups is 2. The van der Waals surface area contributed by atoms with Gasteiger partial charge in [0.25, 0.3) is 0 Å². The highest BCUT2D eigenvalue weighted by molar-refractivity contribution is 6.31. The first-order valence-corrected chi connectivity index (χ1v) is 13.1. The lowest BCUT2D eigenvalue weighted by molar-refractivity contribution is -0.145. The van der Waals surface area contributed by atoms with Gasteiger partial charge in [0.1, 0.15) is 12.0 Å². The van der Waals surface area contributed by atoms with Crippen molar-refractivity contribution >= 4 is 35.3 Å². The molecule has 7 heteroatoms. The van der Waals surface area contributed by atoms with E-state index in [0.717, 1.165) is 42.4 Å². The van der Waals surface area contributed by atoms with Crippen molar-refractivity contribution in [3.8, 4) is 5.75 Å². The molecule has 1 saturated heterocycles. The Labute approximate surface area is 218 Å². The number of Topliss-reactive ketones (excluding diaryl/α,β-unsaturated/α-hetero) is 1. The number of hydrogen-bond donors (Lipinski definition) is 2. The van der Waals surface area contributed by atoms with E-state index in [1.54, 1.807) is 0 Å². The van der Waals surface area contributed by atoms with E-state index < -0.39 is 11.0 Å². The molecule has 1 saturated carbocycles. The van der Waals surface area contributed by atoms with Crippen LogP contribution in [0.5, 0.6) is 5.75 Å². The minimum atomic E-state index is -0.794. The topological polar surface area (TPSA) is 81.4 Å². The van der Waals surface area contributed by atoms with E-state index in [1.165, 1.54) is 6.92 Å². The van der Waals surface area contributed by atoms with Crippen LogP contribution in [-0.2, 0) is 15.1 Å². The van der Waals surface area contributed by atoms with Crippen molar-refractivity contribution in [3.05, 3.63) is 63.6 Å². The molecule has 0 radical (unpaired) electrons. The van der Waals surface area contributed by atoms with Gasteiger partial charge in [-0.15, -0.1) is 0 Å². The minimum Gasteiger partial charge on any atom is -0.494 e. The average Bonchev–Trinajstić information content (AvgIpc) is 2.83. The normalized spacial score (nSPS) is 30.0. The molecule has 0 amide bonds. The van der Waals surface area contributed by atoms with Crippen LogP contribution in [0, 0.1) is 11.3 Å². The molecule has 1 aliphatic heterocycles. The van der Waals surface area contributed by atoms with Crippen molar-refractivity contribution in [1.82, 2.24) is 5.32 Å². The Bertz CT molecular complexity index is 1040. The smallest absolute Gasteiger partial charge is 0.153 e. The highest BCUT2D eigenvalue weighted by atomic mass is 35.5. The van der Waals surface area contributed by atoms with Gasteiger partial charge < -0.3 is 20.6 Å². The van der Waals surface area contributed by atoms with E-state index in [4.69, 9.17) is 38.5 Å². The number of halogens is 2. The summed E-state index contributed by atoms with van der Waals surface area (Å²) in [4.78, 5) is 22.2. The second-order valence-electron chi connectivity index (χ2n) is 9.46. The Morgan fingerprint density at radius 3 is 2.40 bits per heavy atom. The van der Waals surface area contributed by atoms with Crippen LogP contribution in [0.3, 0.4) is 0 Å². The lowest BCUT2D eigenvalue weighted by Gasteiger charge is -2.60. The third kappa shape index (κ3) is 5.01. The largest absolute Gasteiger partial charge is 0.494 e. The van der Waals surface area contributed by atoms with Crippen molar-refractivity contribution in [3.63, 3.8) is 0 Å². The third-order valence-corrected chi connectivity index (χ3v) is 8.42. The van der Waals surface area contributed by atoms with Crippen molar-refractivity contribution in [2.75, 3.05) is 13.2 Å². The molecule has 3 N–H and O–H groups in total. The standard InChI is InChI=1S/C26H32Cl2N2O2.C2H4O/c1-4-25-13-12-21(20-11-10-19(32-5-2)14-22(20)28)26(29,17-6-8-18(27)9-7-17)24(25)16(3)30-15-23(25)31;1-2-3/h6-11,14,16,21,24,30H,4-5,12-13,15,29H2,1-3H3;2H,1H3. The summed E-state index contributed by atoms with van der Waals surface area (Å²) in [5.41, 5.74) is 8.26. The van der Waals surface area contributed by atoms with Gasteiger partial charge in [-0.25, -0.2) is 0 Å². The Hall–Kier alpha value is -1.92. The highest BCUT2D eigenvalue weighted by Crippen LogP contribution is 2.60. The SMILES string of the molecule is CC=O.CCOc1ccc(C2CCC3(CC)C(=O)CNC(C)C3C2(N)c2ccc(Cl)cc2)c(Cl)c1. The molecular formula is C28H36Cl2N2O3. The van der Waals surface area contributed by atoms with Crippen molar-refractivity contribution in [2.45, 2.75) is 64.5 Å². The fraction of sp³-hybridized carbons (Fsp3) is 0.500. The molecule has 0 spiro atoms. The predicted octanol–water partition coefficient (Wildman–Crippen LogP) is 5.90. The molecule has 0 aromatic heterocycles. The number of aldehydes is 1. The molecular weight excluding hydrogens is 483 g/mol. The van der Waals surface area contributed by atoms with Gasteiger partial charge >= 0.3 is 0 Å². The highest BCUT2D eigenvalue weighted by Gasteiger charge is 2.62. The van der Waals surface area contributed by atoms with Crippen LogP contribution >= 0.6 is 23.2 Å². The van der Waals surface area contributed by atoms with Gasteiger partial charge in [-0.1, -0.05) is 48.3 Å². The Morgan fingerprint density at radius 2 is 1.83 bits per heavy atom. The summed E-state index contributed by atoms with van der Waals surface area (Å²) in [5, 5.41) is 4.74. The van der Waals surface area contributed by atoms with Gasteiger partial charge in [-0.2, -0.15) is 0 Å². The van der Waals surface area contributed by atoms with E-state index in [9.17, 15) is 4.79 Å². The molecule has 5 atom stereocenters. The van der Waals surface area contributed by atoms with Crippen LogP contribution in [0.25, 0.3) is 0 Å². The van der Waals surface area contributed by atoms with Crippen molar-refractivity contribution in [2.24, 2.45) is 17.1 Å². The minimum absolute atomic E-state index is 0.0494. The Balaban J connectivity index is 0.00000108. The summed E-state index contributed by atoms with van der Waals surface area (Å²) in [5.74, 6) is 0.885. The summed E-state index contributed by atoms with van der Waals surface area (Å²) < 4.78 is 5.64. The van der Waals surface area contributed by atoms with Gasteiger partial charge in [0.2, 0.25) is 0 Å². The maximum Gasteiger partial charge on any atom is 0.153 e. The maximum atomic E-state index is 13.3. The summed E-state index contributed by atoms with van der Waals surface area (Å²) >= 11 is 13.0. The fourth-order valence-corrected chi connectivity index (χ4v) is 6.82. The molecule has 190 valence electrons. The second-order valence-corrected chi connectivity index (χ2v) is 10.3. The molecule has 2 aliphatic rings. The van der Waals surface area contributed by atoms with Crippen LogP contribution < -0.4 is 15.8 Å². The molecule has 1 aliphatic carbocycles. The number of carbonyl (C=O) groups excluding carboxylic acids is 2. The first-order chi connectivity index (χ1) is 16.7. The Morgan fingerprint density at radius 1 is 1.17 bits per heavy atom. The Kier molecular flexibility index (Phi) is 9.03. The number of ether oxygens (including phenoxy) is 1. The summed E-state index contributed by atoms with van der Waals surface area (Å²) in [7, 11) is 0. The lowest BCUT2D eigenvalue weighted by atomic mass is 9.47. The summed E-state index contributed by atoms with van der Waals surface area (Å²) in [6.07, 6.45) is 3.12. The number of hydrogen-bond acceptors (Lipinski definition) is 5. The van der Waals surface area contributed by atoms with Crippen LogP contribution in [-0.4, -0.2) is 31.3 Å². The quantitative estimate of drug-likeness (QED) is 0.481. The van der Waals surface area contributed by atoms with E-state index in [2.05, 4.69) is 19.2 Å². The molecule has 5 unspecified atom stereocenters. The fourth-order valence-electron chi connectivity index (χ4n) is 6.40. The van der Waals surface area contributed by atoms with Crippen molar-refractivity contribution < 1.29 is 14.3 Å². The number of rotatable bonds is 5. The number of fused-ring (bicyclic) bond motifs is 1. The number of piperidine rings is 1. The number of nitrogens with one attached hydrogen (secondary N) is 1. The molecule has 0 bridgehead atoms. The summed E-state index contributed by atoms with van der Waals surface area (Å²) in [6, 6.07) is 13.7. The second kappa shape index (κ2) is 11.4. The lowest BCUT2D eigenvalue weighted by Crippen LogP contribution is -2.69. The number of ketones is 1. The monoisotopic (exact) mass is 518 g/mol. The zero-order valence-electron chi connectivity index (χ0n) is 20.9. The van der Waals surface area contributed by atoms with E-state index in [1.807, 2.05) is 49.4 Å². The molecule has 2 aromatic rings. The van der Waals surface area contributed by atoms with Crippen LogP contribution in [0.15, 0.2) is 42.5 Å². The van der Waals surface area contributed by atoms with Gasteiger partial charge in [0, 0.05) is 33.3 Å².